The number of aromatic nitrogens is 1. The second-order valence-electron chi connectivity index (χ2n) is 6.53. The topological polar surface area (TPSA) is 62.3 Å². The molecule has 5 nitrogen and oxygen atoms in total. The average Bonchev–Trinajstić information content (AvgIpc) is 3.33. The molecule has 1 aliphatic carbocycles. The second kappa shape index (κ2) is 7.67. The first-order valence-corrected chi connectivity index (χ1v) is 9.23. The fourth-order valence-electron chi connectivity index (χ4n) is 2.56. The predicted molar refractivity (Wildman–Crippen MR) is 95.6 cm³/mol. The molecule has 27 heavy (non-hydrogen) atoms. The minimum absolute atomic E-state index is 0.126. The molecule has 1 aromatic heterocycles. The monoisotopic (exact) mass is 397 g/mol. The van der Waals surface area contributed by atoms with Crippen molar-refractivity contribution in [1.82, 2.24) is 9.88 Å². The minimum Gasteiger partial charge on any atom is -0.329 e. The number of aryl methyl sites for hydroxylation is 1. The van der Waals surface area contributed by atoms with Crippen LogP contribution in [0.1, 0.15) is 33.6 Å². The lowest BCUT2D eigenvalue weighted by molar-refractivity contribution is -0.137. The van der Waals surface area contributed by atoms with Crippen molar-refractivity contribution in [2.75, 3.05) is 18.4 Å². The smallest absolute Gasteiger partial charge is 0.329 e. The number of anilines is 1. The Bertz CT molecular complexity index is 829. The van der Waals surface area contributed by atoms with Crippen molar-refractivity contribution in [3.8, 4) is 0 Å². The van der Waals surface area contributed by atoms with Gasteiger partial charge in [0.2, 0.25) is 5.91 Å². The lowest BCUT2D eigenvalue weighted by Gasteiger charge is -2.22. The molecule has 0 bridgehead atoms. The van der Waals surface area contributed by atoms with E-state index >= 15 is 0 Å². The first kappa shape index (κ1) is 19.3. The number of thiazole rings is 1. The van der Waals surface area contributed by atoms with Gasteiger partial charge in [0.25, 0.3) is 5.91 Å². The highest BCUT2D eigenvalue weighted by Gasteiger charge is 2.31. The number of amides is 2. The van der Waals surface area contributed by atoms with Crippen molar-refractivity contribution in [2.45, 2.75) is 25.9 Å². The Morgan fingerprint density at radius 2 is 1.93 bits per heavy atom. The molecule has 1 heterocycles. The van der Waals surface area contributed by atoms with Crippen LogP contribution in [0, 0.1) is 12.8 Å². The number of carbonyl (C=O) groups is 2. The van der Waals surface area contributed by atoms with E-state index in [1.54, 1.807) is 6.20 Å². The summed E-state index contributed by atoms with van der Waals surface area (Å²) in [4.78, 5) is 31.4. The van der Waals surface area contributed by atoms with Crippen LogP contribution >= 0.6 is 11.3 Å². The highest BCUT2D eigenvalue weighted by molar-refractivity contribution is 7.15. The Morgan fingerprint density at radius 3 is 2.44 bits per heavy atom. The summed E-state index contributed by atoms with van der Waals surface area (Å²) in [6.07, 6.45) is -0.870. The van der Waals surface area contributed by atoms with E-state index in [0.717, 1.165) is 42.0 Å². The van der Waals surface area contributed by atoms with Crippen LogP contribution in [-0.2, 0) is 11.0 Å². The maximum Gasteiger partial charge on any atom is 0.416 e. The van der Waals surface area contributed by atoms with Gasteiger partial charge in [0.15, 0.2) is 5.13 Å². The van der Waals surface area contributed by atoms with Crippen molar-refractivity contribution in [3.63, 3.8) is 0 Å². The lowest BCUT2D eigenvalue weighted by atomic mass is 10.1. The molecular weight excluding hydrogens is 379 g/mol. The Hall–Kier alpha value is -2.42. The summed E-state index contributed by atoms with van der Waals surface area (Å²) < 4.78 is 38.1. The van der Waals surface area contributed by atoms with Crippen LogP contribution in [0.25, 0.3) is 0 Å². The van der Waals surface area contributed by atoms with Crippen molar-refractivity contribution in [3.05, 3.63) is 46.5 Å². The van der Waals surface area contributed by atoms with Crippen LogP contribution in [0.4, 0.5) is 18.3 Å². The number of carbonyl (C=O) groups excluding carboxylic acids is 2. The number of halogens is 3. The van der Waals surface area contributed by atoms with Crippen LogP contribution in [0.15, 0.2) is 30.5 Å². The van der Waals surface area contributed by atoms with Gasteiger partial charge in [0, 0.05) is 23.2 Å². The normalized spacial score (nSPS) is 14.1. The molecule has 2 aromatic rings. The maximum absolute atomic E-state index is 12.7. The highest BCUT2D eigenvalue weighted by Crippen LogP contribution is 2.31. The van der Waals surface area contributed by atoms with E-state index in [1.807, 2.05) is 6.92 Å². The van der Waals surface area contributed by atoms with Gasteiger partial charge < -0.3 is 10.2 Å². The van der Waals surface area contributed by atoms with E-state index in [1.165, 1.54) is 16.2 Å². The third-order valence-corrected chi connectivity index (χ3v) is 4.95. The molecule has 0 radical (unpaired) electrons. The summed E-state index contributed by atoms with van der Waals surface area (Å²) in [6.45, 7) is 2.10. The van der Waals surface area contributed by atoms with Crippen LogP contribution < -0.4 is 5.32 Å². The number of hydrogen-bond donors (Lipinski definition) is 1. The van der Waals surface area contributed by atoms with Gasteiger partial charge in [-0.3, -0.25) is 9.59 Å². The highest BCUT2D eigenvalue weighted by atomic mass is 32.1. The second-order valence-corrected chi connectivity index (χ2v) is 7.76. The maximum atomic E-state index is 12.7. The van der Waals surface area contributed by atoms with Crippen molar-refractivity contribution >= 4 is 28.3 Å². The molecule has 0 unspecified atom stereocenters. The zero-order valence-electron chi connectivity index (χ0n) is 14.5. The molecule has 0 saturated heterocycles. The summed E-state index contributed by atoms with van der Waals surface area (Å²) in [5, 5.41) is 3.10. The zero-order valence-corrected chi connectivity index (χ0v) is 15.4. The fraction of sp³-hybridized carbons (Fsp3) is 0.389. The van der Waals surface area contributed by atoms with Gasteiger partial charge in [-0.25, -0.2) is 4.98 Å². The number of rotatable bonds is 6. The molecule has 144 valence electrons. The molecule has 1 fully saturated rings. The van der Waals surface area contributed by atoms with E-state index < -0.39 is 17.6 Å². The Morgan fingerprint density at radius 1 is 1.26 bits per heavy atom. The molecule has 0 spiro atoms. The van der Waals surface area contributed by atoms with E-state index in [-0.39, 0.29) is 18.0 Å². The summed E-state index contributed by atoms with van der Waals surface area (Å²) >= 11 is 1.33. The van der Waals surface area contributed by atoms with E-state index in [4.69, 9.17) is 0 Å². The molecule has 1 aliphatic rings. The molecule has 9 heteroatoms. The fourth-order valence-corrected chi connectivity index (χ4v) is 3.24. The molecule has 1 N–H and O–H groups in total. The van der Waals surface area contributed by atoms with Crippen molar-refractivity contribution in [1.29, 1.82) is 0 Å². The quantitative estimate of drug-likeness (QED) is 0.803. The third-order valence-electron chi connectivity index (χ3n) is 4.12. The molecular formula is C18H18F3N3O2S. The van der Waals surface area contributed by atoms with Crippen LogP contribution in [0.5, 0.6) is 0 Å². The summed E-state index contributed by atoms with van der Waals surface area (Å²) in [7, 11) is 0. The van der Waals surface area contributed by atoms with Crippen LogP contribution in [-0.4, -0.2) is 34.8 Å². The first-order chi connectivity index (χ1) is 12.7. The summed E-state index contributed by atoms with van der Waals surface area (Å²) in [5.41, 5.74) is -0.689. The average molecular weight is 397 g/mol. The van der Waals surface area contributed by atoms with Gasteiger partial charge in [0.05, 0.1) is 5.56 Å². The molecule has 0 aliphatic heterocycles. The Labute approximate surface area is 158 Å². The van der Waals surface area contributed by atoms with E-state index in [0.29, 0.717) is 17.6 Å². The molecule has 1 aromatic carbocycles. The number of nitrogens with one attached hydrogen (secondary N) is 1. The van der Waals surface area contributed by atoms with Crippen LogP contribution in [0.2, 0.25) is 0 Å². The van der Waals surface area contributed by atoms with Gasteiger partial charge in [-0.2, -0.15) is 13.2 Å². The van der Waals surface area contributed by atoms with Crippen molar-refractivity contribution in [2.24, 2.45) is 5.92 Å². The van der Waals surface area contributed by atoms with Gasteiger partial charge in [-0.1, -0.05) is 0 Å². The lowest BCUT2D eigenvalue weighted by Crippen LogP contribution is -2.39. The van der Waals surface area contributed by atoms with Gasteiger partial charge >= 0.3 is 6.18 Å². The molecule has 1 saturated carbocycles. The zero-order chi connectivity index (χ0) is 19.6. The van der Waals surface area contributed by atoms with E-state index in [9.17, 15) is 22.8 Å². The van der Waals surface area contributed by atoms with Crippen LogP contribution in [0.3, 0.4) is 0 Å². The Balaban J connectivity index is 1.69. The molecule has 2 amide bonds. The van der Waals surface area contributed by atoms with E-state index in [2.05, 4.69) is 10.3 Å². The minimum atomic E-state index is -4.46. The summed E-state index contributed by atoms with van der Waals surface area (Å²) in [6, 6.07) is 4.04. The number of benzene rings is 1. The number of hydrogen-bond acceptors (Lipinski definition) is 4. The SMILES string of the molecule is Cc1cnc(NC(=O)CN(CC2CC2)C(=O)c2ccc(C(F)(F)F)cc2)s1. The van der Waals surface area contributed by atoms with Gasteiger partial charge in [-0.05, 0) is 49.9 Å². The van der Waals surface area contributed by atoms with Gasteiger partial charge in [0.1, 0.15) is 6.54 Å². The number of nitrogens with zero attached hydrogens (tertiary/aromatic N) is 2. The standard InChI is InChI=1S/C18H18F3N3O2S/c1-11-8-22-17(27-11)23-15(25)10-24(9-12-2-3-12)16(26)13-4-6-14(7-5-13)18(19,20)21/h4-8,12H,2-3,9-10H2,1H3,(H,22,23,25). The molecule has 0 atom stereocenters. The largest absolute Gasteiger partial charge is 0.416 e. The molecule has 3 rings (SSSR count). The predicted octanol–water partition coefficient (Wildman–Crippen LogP) is 3.96. The number of alkyl halides is 3. The van der Waals surface area contributed by atoms with Crippen molar-refractivity contribution < 1.29 is 22.8 Å². The summed E-state index contributed by atoms with van der Waals surface area (Å²) in [5.74, 6) is -0.510. The Kier molecular flexibility index (Phi) is 5.50. The van der Waals surface area contributed by atoms with Gasteiger partial charge in [-0.15, -0.1) is 11.3 Å². The first-order valence-electron chi connectivity index (χ1n) is 8.41. The third kappa shape index (κ3) is 5.29.